The second kappa shape index (κ2) is 8.63. The van der Waals surface area contributed by atoms with Gasteiger partial charge in [0, 0.05) is 32.1 Å². The molecule has 1 amide bonds. The average Bonchev–Trinajstić information content (AvgIpc) is 3.11. The Morgan fingerprint density at radius 2 is 1.94 bits per heavy atom. The summed E-state index contributed by atoms with van der Waals surface area (Å²) < 4.78 is 38.1. The van der Waals surface area contributed by atoms with E-state index in [1.54, 1.807) is 13.8 Å². The minimum atomic E-state index is -3.67. The molecule has 1 aromatic heterocycles. The van der Waals surface area contributed by atoms with E-state index in [0.29, 0.717) is 57.1 Å². The number of carbonyl (C=O) groups is 1. The van der Waals surface area contributed by atoms with Gasteiger partial charge >= 0.3 is 0 Å². The Balaban J connectivity index is 1.40. The standard InChI is InChI=1S/C22H29N3O5S/c1-4-29-20-6-5-17-7-10-24(14-19(17)13-20)22(26)18-8-11-25(12-9-18)31(27,28)21-15(2)23-30-16(21)3/h5-6,13,18H,4,7-12,14H2,1-3H3. The Bertz CT molecular complexity index is 1050. The summed E-state index contributed by atoms with van der Waals surface area (Å²) in [5, 5.41) is 3.77. The molecule has 2 aromatic rings. The lowest BCUT2D eigenvalue weighted by atomic mass is 9.93. The molecule has 9 heteroatoms. The predicted octanol–water partition coefficient (Wildman–Crippen LogP) is 2.68. The number of aryl methyl sites for hydroxylation is 2. The minimum Gasteiger partial charge on any atom is -0.494 e. The van der Waals surface area contributed by atoms with Gasteiger partial charge in [0.15, 0.2) is 5.76 Å². The zero-order chi connectivity index (χ0) is 22.2. The average molecular weight is 448 g/mol. The van der Waals surface area contributed by atoms with E-state index < -0.39 is 10.0 Å². The molecule has 8 nitrogen and oxygen atoms in total. The van der Waals surface area contributed by atoms with Crippen molar-refractivity contribution in [1.82, 2.24) is 14.4 Å². The number of benzene rings is 1. The second-order valence-electron chi connectivity index (χ2n) is 8.20. The fraction of sp³-hybridized carbons (Fsp3) is 0.545. The highest BCUT2D eigenvalue weighted by molar-refractivity contribution is 7.89. The number of carbonyl (C=O) groups excluding carboxylic acids is 1. The third-order valence-electron chi connectivity index (χ3n) is 6.18. The van der Waals surface area contributed by atoms with Crippen molar-refractivity contribution in [2.24, 2.45) is 5.92 Å². The third-order valence-corrected chi connectivity index (χ3v) is 8.33. The summed E-state index contributed by atoms with van der Waals surface area (Å²) in [6.45, 7) is 7.71. The number of aromatic nitrogens is 1. The van der Waals surface area contributed by atoms with Crippen LogP contribution in [0.2, 0.25) is 0 Å². The zero-order valence-electron chi connectivity index (χ0n) is 18.3. The molecule has 0 spiro atoms. The molecule has 0 aliphatic carbocycles. The number of nitrogens with zero attached hydrogens (tertiary/aromatic N) is 3. The Kier molecular flexibility index (Phi) is 6.07. The predicted molar refractivity (Wildman–Crippen MR) is 114 cm³/mol. The van der Waals surface area contributed by atoms with E-state index in [-0.39, 0.29) is 16.7 Å². The van der Waals surface area contributed by atoms with Crippen molar-refractivity contribution in [2.75, 3.05) is 26.2 Å². The number of hydrogen-bond acceptors (Lipinski definition) is 6. The van der Waals surface area contributed by atoms with E-state index in [1.165, 1.54) is 9.87 Å². The van der Waals surface area contributed by atoms with Gasteiger partial charge in [-0.25, -0.2) is 8.42 Å². The van der Waals surface area contributed by atoms with E-state index in [1.807, 2.05) is 24.0 Å². The Morgan fingerprint density at radius 1 is 1.19 bits per heavy atom. The van der Waals surface area contributed by atoms with Crippen LogP contribution in [-0.4, -0.2) is 54.9 Å². The van der Waals surface area contributed by atoms with Crippen molar-refractivity contribution in [2.45, 2.75) is 51.5 Å². The van der Waals surface area contributed by atoms with Crippen molar-refractivity contribution in [1.29, 1.82) is 0 Å². The fourth-order valence-corrected chi connectivity index (χ4v) is 6.31. The Labute approximate surface area is 183 Å². The molecule has 0 atom stereocenters. The maximum atomic E-state index is 13.2. The van der Waals surface area contributed by atoms with E-state index in [9.17, 15) is 13.2 Å². The maximum absolute atomic E-state index is 13.2. The molecule has 168 valence electrons. The molecule has 0 bridgehead atoms. The molecule has 31 heavy (non-hydrogen) atoms. The lowest BCUT2D eigenvalue weighted by molar-refractivity contribution is -0.137. The van der Waals surface area contributed by atoms with Gasteiger partial charge in [-0.05, 0) is 63.3 Å². The molecule has 0 unspecified atom stereocenters. The smallest absolute Gasteiger partial charge is 0.248 e. The molecule has 3 heterocycles. The molecule has 1 saturated heterocycles. The number of sulfonamides is 1. The third kappa shape index (κ3) is 4.21. The molecule has 1 aromatic carbocycles. The van der Waals surface area contributed by atoms with Crippen LogP contribution in [0.3, 0.4) is 0 Å². The highest BCUT2D eigenvalue weighted by Gasteiger charge is 2.37. The number of hydrogen-bond donors (Lipinski definition) is 0. The minimum absolute atomic E-state index is 0.113. The van der Waals surface area contributed by atoms with Crippen LogP contribution in [-0.2, 0) is 27.8 Å². The molecular weight excluding hydrogens is 418 g/mol. The number of amides is 1. The van der Waals surface area contributed by atoms with E-state index in [0.717, 1.165) is 17.7 Å². The topological polar surface area (TPSA) is 93.0 Å². The summed E-state index contributed by atoms with van der Waals surface area (Å²) >= 11 is 0. The number of fused-ring (bicyclic) bond motifs is 1. The number of piperidine rings is 1. The van der Waals surface area contributed by atoms with Crippen molar-refractivity contribution in [3.8, 4) is 5.75 Å². The van der Waals surface area contributed by atoms with Gasteiger partial charge in [-0.1, -0.05) is 11.2 Å². The first-order valence-corrected chi connectivity index (χ1v) is 12.2. The molecule has 0 radical (unpaired) electrons. The van der Waals surface area contributed by atoms with Crippen LogP contribution in [0.15, 0.2) is 27.6 Å². The van der Waals surface area contributed by atoms with Gasteiger partial charge in [0.2, 0.25) is 15.9 Å². The highest BCUT2D eigenvalue weighted by Crippen LogP contribution is 2.30. The van der Waals surface area contributed by atoms with E-state index >= 15 is 0 Å². The van der Waals surface area contributed by atoms with Crippen LogP contribution in [0.4, 0.5) is 0 Å². The number of ether oxygens (including phenoxy) is 1. The van der Waals surface area contributed by atoms with Crippen LogP contribution >= 0.6 is 0 Å². The van der Waals surface area contributed by atoms with Gasteiger partial charge in [-0.2, -0.15) is 4.31 Å². The molecule has 2 aliphatic rings. The van der Waals surface area contributed by atoms with Gasteiger partial charge in [0.05, 0.1) is 6.61 Å². The normalized spacial score (nSPS) is 18.1. The highest BCUT2D eigenvalue weighted by atomic mass is 32.2. The molecule has 4 rings (SSSR count). The molecule has 2 aliphatic heterocycles. The molecule has 0 saturated carbocycles. The van der Waals surface area contributed by atoms with Crippen LogP contribution < -0.4 is 4.74 Å². The quantitative estimate of drug-likeness (QED) is 0.700. The van der Waals surface area contributed by atoms with Crippen LogP contribution in [0, 0.1) is 19.8 Å². The fourth-order valence-electron chi connectivity index (χ4n) is 4.55. The first kappa shape index (κ1) is 21.8. The van der Waals surface area contributed by atoms with E-state index in [4.69, 9.17) is 9.26 Å². The van der Waals surface area contributed by atoms with Gasteiger partial charge in [-0.15, -0.1) is 0 Å². The van der Waals surface area contributed by atoms with Crippen molar-refractivity contribution in [3.63, 3.8) is 0 Å². The lowest BCUT2D eigenvalue weighted by Crippen LogP contribution is -2.45. The van der Waals surface area contributed by atoms with Gasteiger partial charge < -0.3 is 14.2 Å². The van der Waals surface area contributed by atoms with Crippen molar-refractivity contribution < 1.29 is 22.5 Å². The van der Waals surface area contributed by atoms with Crippen LogP contribution in [0.1, 0.15) is 42.3 Å². The van der Waals surface area contributed by atoms with Gasteiger partial charge in [0.1, 0.15) is 16.3 Å². The van der Waals surface area contributed by atoms with E-state index in [2.05, 4.69) is 11.2 Å². The zero-order valence-corrected chi connectivity index (χ0v) is 19.1. The summed E-state index contributed by atoms with van der Waals surface area (Å²) in [5.74, 6) is 1.08. The summed E-state index contributed by atoms with van der Waals surface area (Å²) in [4.78, 5) is 15.2. The number of rotatable bonds is 5. The van der Waals surface area contributed by atoms with Crippen molar-refractivity contribution in [3.05, 3.63) is 40.8 Å². The SMILES string of the molecule is CCOc1ccc2c(c1)CN(C(=O)C1CCN(S(=O)(=O)c3c(C)noc3C)CC1)CC2. The lowest BCUT2D eigenvalue weighted by Gasteiger charge is -2.35. The Morgan fingerprint density at radius 3 is 2.58 bits per heavy atom. The van der Waals surface area contributed by atoms with Crippen LogP contribution in [0.5, 0.6) is 5.75 Å². The van der Waals surface area contributed by atoms with Crippen LogP contribution in [0.25, 0.3) is 0 Å². The first-order chi connectivity index (χ1) is 14.8. The summed E-state index contributed by atoms with van der Waals surface area (Å²) in [5.41, 5.74) is 2.76. The largest absolute Gasteiger partial charge is 0.494 e. The second-order valence-corrected chi connectivity index (χ2v) is 10.1. The van der Waals surface area contributed by atoms with Gasteiger partial charge in [-0.3, -0.25) is 4.79 Å². The summed E-state index contributed by atoms with van der Waals surface area (Å²) in [6, 6.07) is 6.09. The van der Waals surface area contributed by atoms with Gasteiger partial charge in [0.25, 0.3) is 0 Å². The summed E-state index contributed by atoms with van der Waals surface area (Å²) in [7, 11) is -3.67. The molecular formula is C22H29N3O5S. The molecule has 1 fully saturated rings. The maximum Gasteiger partial charge on any atom is 0.248 e. The monoisotopic (exact) mass is 447 g/mol. The Hall–Kier alpha value is -2.39. The summed E-state index contributed by atoms with van der Waals surface area (Å²) in [6.07, 6.45) is 1.86. The molecule has 0 N–H and O–H groups in total. The van der Waals surface area contributed by atoms with Crippen molar-refractivity contribution >= 4 is 15.9 Å². The first-order valence-electron chi connectivity index (χ1n) is 10.8.